The molecule has 3 atom stereocenters. The molecule has 0 aliphatic carbocycles. The quantitative estimate of drug-likeness (QED) is 0.552. The van der Waals surface area contributed by atoms with E-state index in [9.17, 15) is 4.79 Å². The molecule has 0 saturated carbocycles. The van der Waals surface area contributed by atoms with Gasteiger partial charge in [-0.1, -0.05) is 24.3 Å². The number of rotatable bonds is 5. The zero-order chi connectivity index (χ0) is 20.5. The lowest BCUT2D eigenvalue weighted by molar-refractivity contribution is -0.152. The van der Waals surface area contributed by atoms with Crippen LogP contribution in [-0.2, 0) is 22.7 Å². The Morgan fingerprint density at radius 3 is 2.83 bits per heavy atom. The Labute approximate surface area is 174 Å². The van der Waals surface area contributed by atoms with E-state index >= 15 is 0 Å². The maximum atomic E-state index is 12.9. The van der Waals surface area contributed by atoms with Gasteiger partial charge in [-0.05, 0) is 29.5 Å². The zero-order valence-electron chi connectivity index (χ0n) is 16.8. The fraction of sp³-hybridized carbons (Fsp3) is 0.409. The van der Waals surface area contributed by atoms with Gasteiger partial charge in [0.2, 0.25) is 0 Å². The molecule has 156 valence electrons. The number of anilines is 1. The molecule has 5 rings (SSSR count). The number of aromatic amines is 1. The number of fused-ring (bicyclic) bond motifs is 2. The summed E-state index contributed by atoms with van der Waals surface area (Å²) in [7, 11) is 0. The van der Waals surface area contributed by atoms with Gasteiger partial charge in [0, 0.05) is 38.4 Å². The minimum atomic E-state index is -0.152. The molecule has 0 spiro atoms. The summed E-state index contributed by atoms with van der Waals surface area (Å²) in [5, 5.41) is 4.45. The Bertz CT molecular complexity index is 1030. The minimum Gasteiger partial charge on any atom is -0.461 e. The standard InChI is InChI=1S/C22H26N6O2/c23-9-14-1-3-15(4-2-14)12-30-22(29)18-10-24-11-19-16(18)6-8-28(19)21-17-5-7-25-20(17)26-13-27-21/h1-5,7,13,16,18-19,24H,6,8-12,23H2,(H,25,26,27)/t16-,18?,19+/m1/s1. The molecule has 4 heterocycles. The number of carbonyl (C=O) groups excluding carboxylic acids is 1. The minimum absolute atomic E-state index is 0.128. The van der Waals surface area contributed by atoms with Crippen molar-refractivity contribution in [2.24, 2.45) is 17.6 Å². The van der Waals surface area contributed by atoms with Gasteiger partial charge in [0.15, 0.2) is 0 Å². The lowest BCUT2D eigenvalue weighted by Crippen LogP contribution is -2.52. The molecule has 2 fully saturated rings. The van der Waals surface area contributed by atoms with Crippen LogP contribution in [0.2, 0.25) is 0 Å². The molecular formula is C22H26N6O2. The first-order valence-electron chi connectivity index (χ1n) is 10.4. The Morgan fingerprint density at radius 1 is 1.17 bits per heavy atom. The first-order valence-corrected chi connectivity index (χ1v) is 10.4. The molecule has 0 radical (unpaired) electrons. The molecule has 30 heavy (non-hydrogen) atoms. The number of carbonyl (C=O) groups is 1. The van der Waals surface area contributed by atoms with Crippen LogP contribution >= 0.6 is 0 Å². The van der Waals surface area contributed by atoms with Crippen molar-refractivity contribution >= 4 is 22.8 Å². The number of hydrogen-bond donors (Lipinski definition) is 3. The van der Waals surface area contributed by atoms with Crippen molar-refractivity contribution in [3.8, 4) is 0 Å². The summed E-state index contributed by atoms with van der Waals surface area (Å²) in [4.78, 5) is 27.2. The molecule has 1 aromatic carbocycles. The van der Waals surface area contributed by atoms with Gasteiger partial charge in [0.1, 0.15) is 24.4 Å². The number of aromatic nitrogens is 3. The van der Waals surface area contributed by atoms with Crippen LogP contribution in [0.25, 0.3) is 11.0 Å². The molecule has 0 amide bonds. The van der Waals surface area contributed by atoms with Gasteiger partial charge in [-0.25, -0.2) is 9.97 Å². The molecule has 8 nitrogen and oxygen atoms in total. The maximum absolute atomic E-state index is 12.9. The van der Waals surface area contributed by atoms with Crippen molar-refractivity contribution in [1.29, 1.82) is 0 Å². The fourth-order valence-corrected chi connectivity index (χ4v) is 4.79. The van der Waals surface area contributed by atoms with Crippen LogP contribution in [0.5, 0.6) is 0 Å². The number of ether oxygens (including phenoxy) is 1. The highest BCUT2D eigenvalue weighted by atomic mass is 16.5. The molecule has 0 bridgehead atoms. The Hall–Kier alpha value is -2.97. The number of nitrogens with one attached hydrogen (secondary N) is 2. The Morgan fingerprint density at radius 2 is 2.00 bits per heavy atom. The lowest BCUT2D eigenvalue weighted by atomic mass is 9.83. The van der Waals surface area contributed by atoms with Crippen LogP contribution in [0.3, 0.4) is 0 Å². The van der Waals surface area contributed by atoms with E-state index in [0.717, 1.165) is 47.5 Å². The molecule has 4 N–H and O–H groups in total. The zero-order valence-corrected chi connectivity index (χ0v) is 16.8. The molecule has 1 unspecified atom stereocenters. The number of esters is 1. The maximum Gasteiger partial charge on any atom is 0.310 e. The fourth-order valence-electron chi connectivity index (χ4n) is 4.79. The lowest BCUT2D eigenvalue weighted by Gasteiger charge is -2.37. The second kappa shape index (κ2) is 8.04. The van der Waals surface area contributed by atoms with Crippen molar-refractivity contribution in [1.82, 2.24) is 20.3 Å². The van der Waals surface area contributed by atoms with Gasteiger partial charge in [0.05, 0.1) is 11.3 Å². The molecular weight excluding hydrogens is 380 g/mol. The summed E-state index contributed by atoms with van der Waals surface area (Å²) in [6, 6.07) is 10.1. The average molecular weight is 406 g/mol. The molecule has 8 heteroatoms. The van der Waals surface area contributed by atoms with E-state index in [1.54, 1.807) is 6.33 Å². The smallest absolute Gasteiger partial charge is 0.310 e. The first-order chi connectivity index (χ1) is 14.7. The van der Waals surface area contributed by atoms with Crippen molar-refractivity contribution in [2.75, 3.05) is 24.5 Å². The third-order valence-corrected chi connectivity index (χ3v) is 6.38. The number of piperidine rings is 1. The second-order valence-corrected chi connectivity index (χ2v) is 8.04. The molecule has 2 saturated heterocycles. The first kappa shape index (κ1) is 19.0. The van der Waals surface area contributed by atoms with Crippen molar-refractivity contribution in [2.45, 2.75) is 25.6 Å². The van der Waals surface area contributed by atoms with Gasteiger partial charge in [-0.3, -0.25) is 4.79 Å². The van der Waals surface area contributed by atoms with Gasteiger partial charge >= 0.3 is 5.97 Å². The largest absolute Gasteiger partial charge is 0.461 e. The number of H-pyrrole nitrogens is 1. The summed E-state index contributed by atoms with van der Waals surface area (Å²) in [6.45, 7) is 3.17. The van der Waals surface area contributed by atoms with Crippen LogP contribution < -0.4 is 16.0 Å². The highest BCUT2D eigenvalue weighted by Gasteiger charge is 2.45. The third kappa shape index (κ3) is 3.42. The van der Waals surface area contributed by atoms with E-state index in [-0.39, 0.29) is 30.5 Å². The van der Waals surface area contributed by atoms with Gasteiger partial charge in [-0.2, -0.15) is 0 Å². The van der Waals surface area contributed by atoms with E-state index in [0.29, 0.717) is 13.1 Å². The van der Waals surface area contributed by atoms with Crippen molar-refractivity contribution < 1.29 is 9.53 Å². The predicted octanol–water partition coefficient (Wildman–Crippen LogP) is 1.57. The number of nitrogens with two attached hydrogens (primary N) is 1. The normalized spacial score (nSPS) is 23.5. The van der Waals surface area contributed by atoms with Crippen LogP contribution in [0.4, 0.5) is 5.82 Å². The SMILES string of the molecule is NCc1ccc(COC(=O)C2CNC[C@H]3[C@@H]2CCN3c2ncnc3[nH]ccc23)cc1. The highest BCUT2D eigenvalue weighted by molar-refractivity contribution is 5.87. The summed E-state index contributed by atoms with van der Waals surface area (Å²) >= 11 is 0. The van der Waals surface area contributed by atoms with Crippen LogP contribution in [0.15, 0.2) is 42.9 Å². The number of benzene rings is 1. The summed E-state index contributed by atoms with van der Waals surface area (Å²) < 4.78 is 5.69. The van der Waals surface area contributed by atoms with E-state index in [1.807, 2.05) is 36.5 Å². The van der Waals surface area contributed by atoms with Crippen LogP contribution in [-0.4, -0.2) is 46.6 Å². The summed E-state index contributed by atoms with van der Waals surface area (Å²) in [5.74, 6) is 0.906. The van der Waals surface area contributed by atoms with E-state index in [2.05, 4.69) is 25.2 Å². The average Bonchev–Trinajstić information content (AvgIpc) is 3.44. The van der Waals surface area contributed by atoms with Crippen LogP contribution in [0.1, 0.15) is 17.5 Å². The third-order valence-electron chi connectivity index (χ3n) is 6.38. The van der Waals surface area contributed by atoms with Gasteiger partial charge < -0.3 is 25.7 Å². The predicted molar refractivity (Wildman–Crippen MR) is 114 cm³/mol. The summed E-state index contributed by atoms with van der Waals surface area (Å²) in [5.41, 5.74) is 8.52. The Kier molecular flexibility index (Phi) is 5.10. The molecule has 2 aliphatic rings. The van der Waals surface area contributed by atoms with E-state index in [4.69, 9.17) is 10.5 Å². The molecule has 2 aromatic heterocycles. The topological polar surface area (TPSA) is 109 Å². The summed E-state index contributed by atoms with van der Waals surface area (Å²) in [6.07, 6.45) is 4.43. The molecule has 2 aliphatic heterocycles. The van der Waals surface area contributed by atoms with Crippen molar-refractivity contribution in [3.63, 3.8) is 0 Å². The van der Waals surface area contributed by atoms with Gasteiger partial charge in [0.25, 0.3) is 0 Å². The molecule has 3 aromatic rings. The van der Waals surface area contributed by atoms with Crippen LogP contribution in [0, 0.1) is 11.8 Å². The van der Waals surface area contributed by atoms with E-state index in [1.165, 1.54) is 0 Å². The van der Waals surface area contributed by atoms with Gasteiger partial charge in [-0.15, -0.1) is 0 Å². The second-order valence-electron chi connectivity index (χ2n) is 8.04. The van der Waals surface area contributed by atoms with E-state index < -0.39 is 0 Å². The monoisotopic (exact) mass is 406 g/mol. The number of hydrogen-bond acceptors (Lipinski definition) is 7. The number of nitrogens with zero attached hydrogens (tertiary/aromatic N) is 3. The van der Waals surface area contributed by atoms with Crippen molar-refractivity contribution in [3.05, 3.63) is 54.0 Å². The highest BCUT2D eigenvalue weighted by Crippen LogP contribution is 2.37. The Balaban J connectivity index is 1.28.